The molecule has 0 saturated carbocycles. The molecule has 3 atom stereocenters. The number of carbonyl (C=O) groups is 1. The van der Waals surface area contributed by atoms with Crippen LogP contribution in [0.15, 0.2) is 103 Å². The van der Waals surface area contributed by atoms with Gasteiger partial charge in [0.2, 0.25) is 0 Å². The minimum atomic E-state index is -1.18. The van der Waals surface area contributed by atoms with Crippen molar-refractivity contribution in [3.05, 3.63) is 126 Å². The molecule has 0 aliphatic carbocycles. The molecule has 2 aliphatic heterocycles. The second-order valence-electron chi connectivity index (χ2n) is 9.78. The Balaban J connectivity index is 1.65. The van der Waals surface area contributed by atoms with Crippen LogP contribution in [0.2, 0.25) is 0 Å². The average molecular weight is 509 g/mol. The molecule has 0 spiro atoms. The molecule has 0 unspecified atom stereocenters. The van der Waals surface area contributed by atoms with E-state index in [1.807, 2.05) is 60.7 Å². The molecular weight excluding hydrogens is 479 g/mol. The molecule has 5 nitrogen and oxygen atoms in total. The van der Waals surface area contributed by atoms with Crippen LogP contribution < -0.4 is 14.5 Å². The van der Waals surface area contributed by atoms with Gasteiger partial charge in [-0.15, -0.1) is 0 Å². The molecule has 2 bridgehead atoms. The fourth-order valence-electron chi connectivity index (χ4n) is 6.36. The summed E-state index contributed by atoms with van der Waals surface area (Å²) in [5.74, 6) is -0.178. The molecule has 0 amide bonds. The van der Waals surface area contributed by atoms with Crippen LogP contribution in [-0.4, -0.2) is 26.4 Å². The molecule has 0 aromatic heterocycles. The fourth-order valence-corrected chi connectivity index (χ4v) is 6.36. The number of carbonyl (C=O) groups excluding carboxylic acids is 1. The molecule has 6 heteroatoms. The van der Waals surface area contributed by atoms with Crippen LogP contribution in [0.3, 0.4) is 0 Å². The Morgan fingerprint density at radius 1 is 0.921 bits per heavy atom. The summed E-state index contributed by atoms with van der Waals surface area (Å²) in [4.78, 5) is 18.7. The summed E-state index contributed by atoms with van der Waals surface area (Å²) in [7, 11) is 3.09. The molecule has 1 saturated heterocycles. The summed E-state index contributed by atoms with van der Waals surface area (Å²) in [5.41, 5.74) is 3.64. The second kappa shape index (κ2) is 9.53. The van der Waals surface area contributed by atoms with Gasteiger partial charge in [-0.1, -0.05) is 60.7 Å². The maximum Gasteiger partial charge on any atom is 0.337 e. The lowest BCUT2D eigenvalue weighted by Gasteiger charge is -2.44. The maximum absolute atomic E-state index is 14.2. The van der Waals surface area contributed by atoms with E-state index in [-0.39, 0.29) is 23.9 Å². The van der Waals surface area contributed by atoms with E-state index in [2.05, 4.69) is 28.0 Å². The van der Waals surface area contributed by atoms with Crippen LogP contribution in [0.25, 0.3) is 0 Å². The first-order valence-corrected chi connectivity index (χ1v) is 12.7. The van der Waals surface area contributed by atoms with Crippen LogP contribution in [0.5, 0.6) is 5.75 Å². The fraction of sp³-hybridized carbons (Fsp3) is 0.219. The molecule has 6 rings (SSSR count). The highest BCUT2D eigenvalue weighted by Gasteiger charge is 2.64. The Hall–Kier alpha value is -4.32. The first kappa shape index (κ1) is 24.0. The van der Waals surface area contributed by atoms with Crippen molar-refractivity contribution in [3.63, 3.8) is 0 Å². The van der Waals surface area contributed by atoms with Crippen molar-refractivity contribution in [1.82, 2.24) is 0 Å². The number of ether oxygens (including phenoxy) is 2. The van der Waals surface area contributed by atoms with Gasteiger partial charge in [0.15, 0.2) is 5.54 Å². The molecule has 4 aromatic carbocycles. The SMILES string of the molecule is COC(=O)[C@]1(c2ccccc2)[C@H]2C[C@@H](N(Cc3ccccc3)c3ccc(OC)cc32)N1c1ccc(F)cc1. The van der Waals surface area contributed by atoms with Crippen LogP contribution in [0.1, 0.15) is 29.0 Å². The highest BCUT2D eigenvalue weighted by molar-refractivity contribution is 5.92. The van der Waals surface area contributed by atoms with E-state index in [1.54, 1.807) is 19.2 Å². The second-order valence-corrected chi connectivity index (χ2v) is 9.78. The van der Waals surface area contributed by atoms with Gasteiger partial charge in [0, 0.05) is 23.8 Å². The predicted octanol–water partition coefficient (Wildman–Crippen LogP) is 6.24. The van der Waals surface area contributed by atoms with Gasteiger partial charge < -0.3 is 19.3 Å². The number of anilines is 2. The highest BCUT2D eigenvalue weighted by atomic mass is 19.1. The van der Waals surface area contributed by atoms with Crippen LogP contribution >= 0.6 is 0 Å². The number of benzene rings is 4. The van der Waals surface area contributed by atoms with Crippen molar-refractivity contribution in [2.24, 2.45) is 0 Å². The summed E-state index contributed by atoms with van der Waals surface area (Å²) in [6.07, 6.45) is 0.486. The van der Waals surface area contributed by atoms with E-state index in [0.717, 1.165) is 33.8 Å². The number of methoxy groups -OCH3 is 2. The van der Waals surface area contributed by atoms with Crippen LogP contribution in [-0.2, 0) is 21.6 Å². The molecule has 38 heavy (non-hydrogen) atoms. The van der Waals surface area contributed by atoms with Crippen molar-refractivity contribution in [2.45, 2.75) is 30.6 Å². The molecule has 4 aromatic rings. The van der Waals surface area contributed by atoms with E-state index in [0.29, 0.717) is 13.0 Å². The zero-order valence-corrected chi connectivity index (χ0v) is 21.4. The smallest absolute Gasteiger partial charge is 0.337 e. The monoisotopic (exact) mass is 508 g/mol. The first-order chi connectivity index (χ1) is 18.6. The lowest BCUT2D eigenvalue weighted by atomic mass is 9.73. The summed E-state index contributed by atoms with van der Waals surface area (Å²) in [6, 6.07) is 32.6. The van der Waals surface area contributed by atoms with Crippen molar-refractivity contribution in [1.29, 1.82) is 0 Å². The number of rotatable bonds is 6. The number of hydrogen-bond acceptors (Lipinski definition) is 5. The standard InChI is InChI=1S/C32H29FN2O3/c1-37-26-17-18-29-27(19-26)28-20-30(34(29)21-22-9-5-3-6-10-22)35(25-15-13-24(33)14-16-25)32(28,31(36)38-2)23-11-7-4-8-12-23/h3-19,28,30H,20-21H2,1-2H3/t28-,30-,32-/m0/s1. The lowest BCUT2D eigenvalue weighted by molar-refractivity contribution is -0.148. The van der Waals surface area contributed by atoms with E-state index in [4.69, 9.17) is 9.47 Å². The normalized spacial score (nSPS) is 21.7. The Morgan fingerprint density at radius 3 is 2.26 bits per heavy atom. The van der Waals surface area contributed by atoms with Crippen LogP contribution in [0, 0.1) is 5.82 Å². The van der Waals surface area contributed by atoms with E-state index in [1.165, 1.54) is 19.2 Å². The van der Waals surface area contributed by atoms with Crippen LogP contribution in [0.4, 0.5) is 15.8 Å². The van der Waals surface area contributed by atoms with E-state index in [9.17, 15) is 9.18 Å². The Bertz CT molecular complexity index is 1450. The Morgan fingerprint density at radius 2 is 1.61 bits per heavy atom. The molecule has 0 N–H and O–H groups in total. The van der Waals surface area contributed by atoms with Crippen molar-refractivity contribution < 1.29 is 18.7 Å². The summed E-state index contributed by atoms with van der Waals surface area (Å²) in [5, 5.41) is 0. The number of nitrogens with zero attached hydrogens (tertiary/aromatic N) is 2. The highest BCUT2D eigenvalue weighted by Crippen LogP contribution is 2.60. The minimum absolute atomic E-state index is 0.189. The third kappa shape index (κ3) is 3.63. The zero-order chi connectivity index (χ0) is 26.3. The Labute approximate surface area is 222 Å². The molecule has 0 radical (unpaired) electrons. The van der Waals surface area contributed by atoms with Gasteiger partial charge in [-0.2, -0.15) is 0 Å². The summed E-state index contributed by atoms with van der Waals surface area (Å²) in [6.45, 7) is 0.640. The average Bonchev–Trinajstić information content (AvgIpc) is 3.29. The predicted molar refractivity (Wildman–Crippen MR) is 146 cm³/mol. The van der Waals surface area contributed by atoms with Gasteiger partial charge in [-0.05, 0) is 65.6 Å². The van der Waals surface area contributed by atoms with Gasteiger partial charge in [0.1, 0.15) is 17.7 Å². The van der Waals surface area contributed by atoms with Crippen molar-refractivity contribution >= 4 is 17.3 Å². The maximum atomic E-state index is 14.2. The molecule has 1 fully saturated rings. The topological polar surface area (TPSA) is 42.0 Å². The number of esters is 1. The van der Waals surface area contributed by atoms with Gasteiger partial charge in [0.25, 0.3) is 0 Å². The minimum Gasteiger partial charge on any atom is -0.497 e. The third-order valence-electron chi connectivity index (χ3n) is 7.92. The molecule has 2 heterocycles. The van der Waals surface area contributed by atoms with Gasteiger partial charge in [-0.3, -0.25) is 0 Å². The van der Waals surface area contributed by atoms with Gasteiger partial charge in [0.05, 0.1) is 14.2 Å². The zero-order valence-electron chi connectivity index (χ0n) is 21.4. The van der Waals surface area contributed by atoms with Gasteiger partial charge >= 0.3 is 5.97 Å². The summed E-state index contributed by atoms with van der Waals surface area (Å²) < 4.78 is 25.3. The van der Waals surface area contributed by atoms with Gasteiger partial charge in [-0.25, -0.2) is 9.18 Å². The van der Waals surface area contributed by atoms with E-state index >= 15 is 0 Å². The first-order valence-electron chi connectivity index (χ1n) is 12.7. The summed E-state index contributed by atoms with van der Waals surface area (Å²) >= 11 is 0. The number of hydrogen-bond donors (Lipinski definition) is 0. The molecule has 192 valence electrons. The largest absolute Gasteiger partial charge is 0.497 e. The number of fused-ring (bicyclic) bond motifs is 5. The quantitative estimate of drug-likeness (QED) is 0.288. The third-order valence-corrected chi connectivity index (χ3v) is 7.92. The van der Waals surface area contributed by atoms with Crippen molar-refractivity contribution in [3.8, 4) is 5.75 Å². The molecule has 2 aliphatic rings. The molecular formula is C32H29FN2O3. The van der Waals surface area contributed by atoms with Crippen molar-refractivity contribution in [2.75, 3.05) is 24.0 Å². The van der Waals surface area contributed by atoms with E-state index < -0.39 is 5.54 Å². The Kier molecular flexibility index (Phi) is 6.03. The lowest BCUT2D eigenvalue weighted by Crippen LogP contribution is -2.56. The number of halogens is 1.